The summed E-state index contributed by atoms with van der Waals surface area (Å²) in [5.74, 6) is -0.459. The highest BCUT2D eigenvalue weighted by molar-refractivity contribution is 5.55. The normalized spacial score (nSPS) is 16.9. The number of benzene rings is 1. The monoisotopic (exact) mass is 298 g/mol. The second kappa shape index (κ2) is 5.53. The molecule has 0 spiro atoms. The summed E-state index contributed by atoms with van der Waals surface area (Å²) in [7, 11) is 0. The molecule has 2 aromatic rings. The molecule has 22 heavy (non-hydrogen) atoms. The lowest BCUT2D eigenvalue weighted by atomic mass is 9.83. The maximum Gasteiger partial charge on any atom is 0.244 e. The summed E-state index contributed by atoms with van der Waals surface area (Å²) in [6.07, 6.45) is 1.67. The number of nitrogens with zero attached hydrogens (tertiary/aromatic N) is 2. The van der Waals surface area contributed by atoms with Crippen LogP contribution in [-0.2, 0) is 6.42 Å². The van der Waals surface area contributed by atoms with Gasteiger partial charge < -0.3 is 10.5 Å². The molecule has 2 heterocycles. The molecular weight excluding hydrogens is 283 g/mol. The van der Waals surface area contributed by atoms with Crippen molar-refractivity contribution < 1.29 is 9.13 Å². The van der Waals surface area contributed by atoms with Crippen LogP contribution in [0.3, 0.4) is 0 Å². The van der Waals surface area contributed by atoms with E-state index in [1.165, 1.54) is 12.1 Å². The standard InChI is InChI=1S/C16H15FN4O/c1-2-4-12-14-13(9-5-3-6-10(17)7-9)11(8-18)15(19)22-16(14)21-20-12/h3,5-7,13H,2,4,19H2,1H3,(H,20,21). The summed E-state index contributed by atoms with van der Waals surface area (Å²) in [5.41, 5.74) is 8.41. The van der Waals surface area contributed by atoms with Gasteiger partial charge in [-0.15, -0.1) is 5.10 Å². The van der Waals surface area contributed by atoms with E-state index >= 15 is 0 Å². The molecule has 3 N–H and O–H groups in total. The number of hydrogen-bond acceptors (Lipinski definition) is 4. The molecule has 3 rings (SSSR count). The predicted molar refractivity (Wildman–Crippen MR) is 78.3 cm³/mol. The Labute approximate surface area is 127 Å². The average molecular weight is 298 g/mol. The summed E-state index contributed by atoms with van der Waals surface area (Å²) in [4.78, 5) is 0. The van der Waals surface area contributed by atoms with E-state index in [0.29, 0.717) is 11.4 Å². The lowest BCUT2D eigenvalue weighted by Gasteiger charge is -2.24. The number of H-pyrrole nitrogens is 1. The number of nitrogens with two attached hydrogens (primary N) is 1. The zero-order valence-corrected chi connectivity index (χ0v) is 12.1. The second-order valence-electron chi connectivity index (χ2n) is 5.15. The zero-order chi connectivity index (χ0) is 15.7. The Kier molecular flexibility index (Phi) is 3.55. The molecule has 1 aromatic heterocycles. The van der Waals surface area contributed by atoms with Crippen molar-refractivity contribution in [2.45, 2.75) is 25.7 Å². The van der Waals surface area contributed by atoms with E-state index in [2.05, 4.69) is 16.3 Å². The van der Waals surface area contributed by atoms with Gasteiger partial charge in [0.15, 0.2) is 0 Å². The summed E-state index contributed by atoms with van der Waals surface area (Å²) in [6.45, 7) is 2.05. The first-order valence-electron chi connectivity index (χ1n) is 7.05. The third-order valence-corrected chi connectivity index (χ3v) is 3.70. The van der Waals surface area contributed by atoms with Crippen molar-refractivity contribution in [2.24, 2.45) is 5.73 Å². The Hall–Kier alpha value is -2.81. The van der Waals surface area contributed by atoms with E-state index in [0.717, 1.165) is 24.1 Å². The van der Waals surface area contributed by atoms with Crippen LogP contribution >= 0.6 is 0 Å². The minimum Gasteiger partial charge on any atom is -0.420 e. The fourth-order valence-corrected chi connectivity index (χ4v) is 2.77. The maximum absolute atomic E-state index is 13.6. The number of nitrogens with one attached hydrogen (secondary N) is 1. The van der Waals surface area contributed by atoms with E-state index < -0.39 is 5.92 Å². The number of aryl methyl sites for hydroxylation is 1. The van der Waals surface area contributed by atoms with Gasteiger partial charge in [0.25, 0.3) is 0 Å². The van der Waals surface area contributed by atoms with Crippen LogP contribution in [-0.4, -0.2) is 10.2 Å². The fourth-order valence-electron chi connectivity index (χ4n) is 2.77. The Morgan fingerprint density at radius 1 is 1.50 bits per heavy atom. The van der Waals surface area contributed by atoms with E-state index in [-0.39, 0.29) is 17.3 Å². The highest BCUT2D eigenvalue weighted by Gasteiger charge is 2.34. The van der Waals surface area contributed by atoms with E-state index in [4.69, 9.17) is 10.5 Å². The first-order valence-corrected chi connectivity index (χ1v) is 7.05. The van der Waals surface area contributed by atoms with Crippen LogP contribution in [0.15, 0.2) is 35.7 Å². The number of rotatable bonds is 3. The van der Waals surface area contributed by atoms with Gasteiger partial charge in [-0.2, -0.15) is 5.26 Å². The molecule has 0 saturated heterocycles. The molecule has 0 amide bonds. The van der Waals surface area contributed by atoms with Gasteiger partial charge in [0.1, 0.15) is 17.5 Å². The Bertz CT molecular complexity index is 788. The number of fused-ring (bicyclic) bond motifs is 1. The van der Waals surface area contributed by atoms with Crippen molar-refractivity contribution in [1.29, 1.82) is 5.26 Å². The van der Waals surface area contributed by atoms with Crippen LogP contribution in [0.1, 0.15) is 36.1 Å². The summed E-state index contributed by atoms with van der Waals surface area (Å²) in [6, 6.07) is 8.25. The lowest BCUT2D eigenvalue weighted by molar-refractivity contribution is 0.378. The van der Waals surface area contributed by atoms with Crippen LogP contribution in [0.25, 0.3) is 0 Å². The van der Waals surface area contributed by atoms with Crippen LogP contribution in [0, 0.1) is 17.1 Å². The van der Waals surface area contributed by atoms with Gasteiger partial charge in [-0.3, -0.25) is 5.10 Å². The highest BCUT2D eigenvalue weighted by Crippen LogP contribution is 2.43. The molecule has 0 aliphatic carbocycles. The van der Waals surface area contributed by atoms with Crippen molar-refractivity contribution >= 4 is 0 Å². The molecule has 0 saturated carbocycles. The highest BCUT2D eigenvalue weighted by atomic mass is 19.1. The first-order chi connectivity index (χ1) is 10.7. The molecular formula is C16H15FN4O. The van der Waals surface area contributed by atoms with E-state index in [1.807, 2.05) is 6.92 Å². The zero-order valence-electron chi connectivity index (χ0n) is 12.1. The summed E-state index contributed by atoms with van der Waals surface area (Å²) in [5, 5.41) is 16.5. The molecule has 0 bridgehead atoms. The molecule has 0 radical (unpaired) electrons. The van der Waals surface area contributed by atoms with E-state index in [1.54, 1.807) is 12.1 Å². The van der Waals surface area contributed by atoms with Crippen molar-refractivity contribution in [3.05, 3.63) is 58.4 Å². The Morgan fingerprint density at radius 2 is 2.32 bits per heavy atom. The van der Waals surface area contributed by atoms with Crippen LogP contribution in [0.5, 0.6) is 5.88 Å². The Balaban J connectivity index is 2.21. The van der Waals surface area contributed by atoms with Crippen molar-refractivity contribution in [3.63, 3.8) is 0 Å². The second-order valence-corrected chi connectivity index (χ2v) is 5.15. The van der Waals surface area contributed by atoms with Crippen LogP contribution in [0.2, 0.25) is 0 Å². The molecule has 1 unspecified atom stereocenters. The Morgan fingerprint density at radius 3 is 3.00 bits per heavy atom. The SMILES string of the molecule is CCCc1[nH]nc2c1C(c1cccc(F)c1)C(C#N)=C(N)O2. The van der Waals surface area contributed by atoms with Crippen molar-refractivity contribution in [2.75, 3.05) is 0 Å². The van der Waals surface area contributed by atoms with Gasteiger partial charge in [0.05, 0.1) is 5.92 Å². The van der Waals surface area contributed by atoms with Crippen molar-refractivity contribution in [3.8, 4) is 11.9 Å². The lowest BCUT2D eigenvalue weighted by Crippen LogP contribution is -2.21. The molecule has 0 fully saturated rings. The number of halogens is 1. The van der Waals surface area contributed by atoms with Gasteiger partial charge in [-0.05, 0) is 24.1 Å². The summed E-state index contributed by atoms with van der Waals surface area (Å²) >= 11 is 0. The molecule has 112 valence electrons. The third kappa shape index (κ3) is 2.21. The van der Waals surface area contributed by atoms with Gasteiger partial charge in [0.2, 0.25) is 11.8 Å². The predicted octanol–water partition coefficient (Wildman–Crippen LogP) is 2.72. The molecule has 5 nitrogen and oxygen atoms in total. The number of aromatic nitrogens is 2. The molecule has 1 atom stereocenters. The fraction of sp³-hybridized carbons (Fsp3) is 0.250. The maximum atomic E-state index is 13.6. The molecule has 1 aliphatic rings. The largest absolute Gasteiger partial charge is 0.420 e. The number of nitriles is 1. The van der Waals surface area contributed by atoms with E-state index in [9.17, 15) is 9.65 Å². The minimum atomic E-state index is -0.468. The van der Waals surface area contributed by atoms with Gasteiger partial charge >= 0.3 is 0 Å². The average Bonchev–Trinajstić information content (AvgIpc) is 2.88. The quantitative estimate of drug-likeness (QED) is 0.912. The van der Waals surface area contributed by atoms with Crippen LogP contribution in [0.4, 0.5) is 4.39 Å². The summed E-state index contributed by atoms with van der Waals surface area (Å²) < 4.78 is 19.1. The molecule has 1 aliphatic heterocycles. The number of aromatic amines is 1. The van der Waals surface area contributed by atoms with Crippen LogP contribution < -0.4 is 10.5 Å². The first kappa shape index (κ1) is 14.1. The third-order valence-electron chi connectivity index (χ3n) is 3.70. The smallest absolute Gasteiger partial charge is 0.244 e. The number of ether oxygens (including phenoxy) is 1. The van der Waals surface area contributed by atoms with Gasteiger partial charge in [-0.1, -0.05) is 25.5 Å². The molecule has 1 aromatic carbocycles. The van der Waals surface area contributed by atoms with Gasteiger partial charge in [-0.25, -0.2) is 4.39 Å². The number of hydrogen-bond donors (Lipinski definition) is 2. The minimum absolute atomic E-state index is 0.0128. The molecule has 6 heteroatoms. The topological polar surface area (TPSA) is 87.7 Å². The van der Waals surface area contributed by atoms with Crippen molar-refractivity contribution in [1.82, 2.24) is 10.2 Å². The number of allylic oxidation sites excluding steroid dienone is 1. The van der Waals surface area contributed by atoms with Gasteiger partial charge in [0, 0.05) is 11.3 Å².